The summed E-state index contributed by atoms with van der Waals surface area (Å²) in [5, 5.41) is 7.06. The number of benzene rings is 1. The van der Waals surface area contributed by atoms with Crippen LogP contribution in [0.4, 0.5) is 0 Å². The van der Waals surface area contributed by atoms with Gasteiger partial charge < -0.3 is 5.32 Å². The molecule has 0 fully saturated rings. The Hall–Kier alpha value is -1.70. The number of sulfonamides is 1. The van der Waals surface area contributed by atoms with Gasteiger partial charge in [0.1, 0.15) is 0 Å². The van der Waals surface area contributed by atoms with Crippen LogP contribution in [0.5, 0.6) is 0 Å². The molecule has 0 amide bonds. The molecule has 6 nitrogen and oxygen atoms in total. The van der Waals surface area contributed by atoms with Gasteiger partial charge in [0.25, 0.3) is 0 Å². The molecule has 0 atom stereocenters. The van der Waals surface area contributed by atoms with Gasteiger partial charge in [0, 0.05) is 25.5 Å². The van der Waals surface area contributed by atoms with Crippen molar-refractivity contribution in [2.45, 2.75) is 24.9 Å². The molecule has 1 aromatic heterocycles. The van der Waals surface area contributed by atoms with E-state index in [9.17, 15) is 8.42 Å². The van der Waals surface area contributed by atoms with Gasteiger partial charge in [0.05, 0.1) is 11.4 Å². The van der Waals surface area contributed by atoms with Crippen LogP contribution in [0, 0.1) is 6.92 Å². The quantitative estimate of drug-likeness (QED) is 0.796. The van der Waals surface area contributed by atoms with E-state index in [4.69, 9.17) is 0 Å². The number of hydrogen-bond donors (Lipinski definition) is 2. The lowest BCUT2D eigenvalue weighted by molar-refractivity contribution is 0.560. The van der Waals surface area contributed by atoms with Gasteiger partial charge in [-0.2, -0.15) is 5.10 Å². The summed E-state index contributed by atoms with van der Waals surface area (Å²) in [5.74, 6) is 0. The minimum absolute atomic E-state index is 0.305. The van der Waals surface area contributed by atoms with E-state index in [0.29, 0.717) is 24.5 Å². The summed E-state index contributed by atoms with van der Waals surface area (Å²) < 4.78 is 29.1. The van der Waals surface area contributed by atoms with E-state index in [2.05, 4.69) is 15.1 Å². The van der Waals surface area contributed by atoms with Crippen molar-refractivity contribution in [1.82, 2.24) is 19.8 Å². The molecular weight excluding hydrogens is 288 g/mol. The average Bonchev–Trinajstić information content (AvgIpc) is 2.94. The molecule has 2 N–H and O–H groups in total. The minimum atomic E-state index is -3.50. The number of aromatic nitrogens is 2. The van der Waals surface area contributed by atoms with E-state index < -0.39 is 10.0 Å². The minimum Gasteiger partial charge on any atom is -0.316 e. The van der Waals surface area contributed by atoms with Crippen LogP contribution in [0.2, 0.25) is 0 Å². The second-order valence-corrected chi connectivity index (χ2v) is 6.53. The third kappa shape index (κ3) is 4.13. The summed E-state index contributed by atoms with van der Waals surface area (Å²) in [6.45, 7) is 3.24. The average molecular weight is 308 g/mol. The standard InChI is InChI=1S/C14H20N4O2S/c1-12-4-5-13(11-15-2)10-14(12)21(19,20)17-7-9-18-8-3-6-16-18/h3-6,8,10,15,17H,7,9,11H2,1-2H3. The predicted octanol–water partition coefficient (Wildman–Crippen LogP) is 0.889. The molecule has 0 saturated heterocycles. The van der Waals surface area contributed by atoms with Gasteiger partial charge in [-0.1, -0.05) is 12.1 Å². The van der Waals surface area contributed by atoms with Gasteiger partial charge in [0.2, 0.25) is 10.0 Å². The molecule has 0 saturated carbocycles. The number of nitrogens with one attached hydrogen (secondary N) is 2. The number of nitrogens with zero attached hydrogens (tertiary/aromatic N) is 2. The van der Waals surface area contributed by atoms with Crippen molar-refractivity contribution in [3.63, 3.8) is 0 Å². The highest BCUT2D eigenvalue weighted by molar-refractivity contribution is 7.89. The molecule has 2 rings (SSSR count). The molecule has 0 spiro atoms. The van der Waals surface area contributed by atoms with Crippen LogP contribution in [0.1, 0.15) is 11.1 Å². The van der Waals surface area contributed by atoms with Crippen molar-refractivity contribution >= 4 is 10.0 Å². The molecule has 0 aliphatic rings. The van der Waals surface area contributed by atoms with E-state index in [1.807, 2.05) is 19.2 Å². The highest BCUT2D eigenvalue weighted by atomic mass is 32.2. The Morgan fingerprint density at radius 1 is 1.33 bits per heavy atom. The predicted molar refractivity (Wildman–Crippen MR) is 81.4 cm³/mol. The number of hydrogen-bond acceptors (Lipinski definition) is 4. The summed E-state index contributed by atoms with van der Waals surface area (Å²) in [6.07, 6.45) is 3.47. The Morgan fingerprint density at radius 2 is 2.14 bits per heavy atom. The summed E-state index contributed by atoms with van der Waals surface area (Å²) in [5.41, 5.74) is 1.68. The Kier molecular flexibility index (Phi) is 5.11. The molecule has 21 heavy (non-hydrogen) atoms. The lowest BCUT2D eigenvalue weighted by Gasteiger charge is -2.11. The van der Waals surface area contributed by atoms with Crippen molar-refractivity contribution in [1.29, 1.82) is 0 Å². The maximum absolute atomic E-state index is 12.4. The van der Waals surface area contributed by atoms with Gasteiger partial charge in [-0.25, -0.2) is 13.1 Å². The monoisotopic (exact) mass is 308 g/mol. The number of aryl methyl sites for hydroxylation is 1. The van der Waals surface area contributed by atoms with Gasteiger partial charge in [-0.05, 0) is 37.2 Å². The Labute approximate surface area is 125 Å². The molecule has 0 aliphatic carbocycles. The number of rotatable bonds is 7. The zero-order chi connectivity index (χ0) is 15.3. The summed E-state index contributed by atoms with van der Waals surface area (Å²) in [4.78, 5) is 0.329. The molecule has 0 aliphatic heterocycles. The maximum atomic E-state index is 12.4. The van der Waals surface area contributed by atoms with Crippen molar-refractivity contribution in [3.05, 3.63) is 47.8 Å². The van der Waals surface area contributed by atoms with E-state index >= 15 is 0 Å². The van der Waals surface area contributed by atoms with Crippen molar-refractivity contribution in [2.24, 2.45) is 0 Å². The maximum Gasteiger partial charge on any atom is 0.240 e. The zero-order valence-electron chi connectivity index (χ0n) is 12.2. The van der Waals surface area contributed by atoms with E-state index in [0.717, 1.165) is 11.1 Å². The molecular formula is C14H20N4O2S. The first-order valence-electron chi connectivity index (χ1n) is 6.74. The van der Waals surface area contributed by atoms with Crippen molar-refractivity contribution < 1.29 is 8.42 Å². The largest absolute Gasteiger partial charge is 0.316 e. The molecule has 7 heteroatoms. The molecule has 114 valence electrons. The second kappa shape index (κ2) is 6.84. The molecule has 0 unspecified atom stereocenters. The highest BCUT2D eigenvalue weighted by Gasteiger charge is 2.16. The summed E-state index contributed by atoms with van der Waals surface area (Å²) in [7, 11) is -1.67. The molecule has 1 aromatic carbocycles. The lowest BCUT2D eigenvalue weighted by atomic mass is 10.1. The van der Waals surface area contributed by atoms with Crippen LogP contribution in [0.3, 0.4) is 0 Å². The molecule has 1 heterocycles. The first-order valence-corrected chi connectivity index (χ1v) is 8.22. The summed E-state index contributed by atoms with van der Waals surface area (Å²) >= 11 is 0. The fraction of sp³-hybridized carbons (Fsp3) is 0.357. The Balaban J connectivity index is 2.09. The van der Waals surface area contributed by atoms with Crippen LogP contribution >= 0.6 is 0 Å². The van der Waals surface area contributed by atoms with Gasteiger partial charge >= 0.3 is 0 Å². The van der Waals surface area contributed by atoms with Crippen LogP contribution < -0.4 is 10.0 Å². The van der Waals surface area contributed by atoms with Crippen LogP contribution in [0.15, 0.2) is 41.6 Å². The van der Waals surface area contributed by atoms with Crippen molar-refractivity contribution in [3.8, 4) is 0 Å². The van der Waals surface area contributed by atoms with Crippen LogP contribution in [-0.2, 0) is 23.1 Å². The van der Waals surface area contributed by atoms with Crippen molar-refractivity contribution in [2.75, 3.05) is 13.6 Å². The lowest BCUT2D eigenvalue weighted by Crippen LogP contribution is -2.28. The zero-order valence-corrected chi connectivity index (χ0v) is 13.0. The summed E-state index contributed by atoms with van der Waals surface area (Å²) in [6, 6.07) is 7.27. The van der Waals surface area contributed by atoms with E-state index in [-0.39, 0.29) is 0 Å². The highest BCUT2D eigenvalue weighted by Crippen LogP contribution is 2.16. The molecule has 2 aromatic rings. The van der Waals surface area contributed by atoms with Gasteiger partial charge in [-0.15, -0.1) is 0 Å². The molecule has 0 radical (unpaired) electrons. The molecule has 0 bridgehead atoms. The smallest absolute Gasteiger partial charge is 0.240 e. The Morgan fingerprint density at radius 3 is 2.81 bits per heavy atom. The normalized spacial score (nSPS) is 11.7. The first-order chi connectivity index (χ1) is 10.0. The van der Waals surface area contributed by atoms with E-state index in [1.54, 1.807) is 36.1 Å². The Bertz CT molecular complexity index is 681. The first kappa shape index (κ1) is 15.7. The second-order valence-electron chi connectivity index (χ2n) is 4.80. The fourth-order valence-electron chi connectivity index (χ4n) is 2.05. The van der Waals surface area contributed by atoms with E-state index in [1.165, 1.54) is 0 Å². The van der Waals surface area contributed by atoms with Gasteiger partial charge in [-0.3, -0.25) is 4.68 Å². The van der Waals surface area contributed by atoms with Crippen LogP contribution in [-0.4, -0.2) is 31.8 Å². The fourth-order valence-corrected chi connectivity index (χ4v) is 3.37. The van der Waals surface area contributed by atoms with Crippen LogP contribution in [0.25, 0.3) is 0 Å². The third-order valence-corrected chi connectivity index (χ3v) is 4.72. The van der Waals surface area contributed by atoms with Gasteiger partial charge in [0.15, 0.2) is 0 Å². The topological polar surface area (TPSA) is 76.0 Å². The third-order valence-electron chi connectivity index (χ3n) is 3.12. The SMILES string of the molecule is CNCc1ccc(C)c(S(=O)(=O)NCCn2cccn2)c1.